The summed E-state index contributed by atoms with van der Waals surface area (Å²) < 4.78 is 0. The van der Waals surface area contributed by atoms with Crippen molar-refractivity contribution in [2.45, 2.75) is 6.92 Å². The first-order valence-corrected chi connectivity index (χ1v) is 5.31. The first kappa shape index (κ1) is 13.2. The van der Waals surface area contributed by atoms with Crippen molar-refractivity contribution in [3.63, 3.8) is 0 Å². The zero-order valence-electron chi connectivity index (χ0n) is 9.80. The van der Waals surface area contributed by atoms with Crippen molar-refractivity contribution in [1.82, 2.24) is 0 Å². The zero-order chi connectivity index (χ0) is 12.8. The van der Waals surface area contributed by atoms with Crippen LogP contribution in [0.25, 0.3) is 0 Å². The Balaban J connectivity index is 3.08. The Hall–Kier alpha value is -1.88. The third-order valence-corrected chi connectivity index (χ3v) is 2.34. The Labute approximate surface area is 100 Å². The van der Waals surface area contributed by atoms with Gasteiger partial charge < -0.3 is 10.0 Å². The molecule has 1 aromatic carbocycles. The Morgan fingerprint density at radius 3 is 2.76 bits per heavy atom. The first-order valence-electron chi connectivity index (χ1n) is 5.31. The minimum atomic E-state index is -0.415. The summed E-state index contributed by atoms with van der Waals surface area (Å²) in [5.74, 6) is 0. The number of nitrogens with zero attached hydrogens (tertiary/aromatic N) is 2. The van der Waals surface area contributed by atoms with Crippen LogP contribution in [0.4, 0.5) is 11.4 Å². The molecule has 0 saturated heterocycles. The van der Waals surface area contributed by atoms with Crippen LogP contribution in [0.5, 0.6) is 0 Å². The molecule has 1 aromatic rings. The first-order chi connectivity index (χ1) is 8.08. The molecule has 0 aromatic heterocycles. The van der Waals surface area contributed by atoms with Gasteiger partial charge in [-0.15, -0.1) is 6.58 Å². The smallest absolute Gasteiger partial charge is 0.271 e. The second kappa shape index (κ2) is 6.00. The lowest BCUT2D eigenvalue weighted by molar-refractivity contribution is -0.384. The number of anilines is 1. The van der Waals surface area contributed by atoms with Crippen LogP contribution < -0.4 is 4.90 Å². The Morgan fingerprint density at radius 2 is 2.24 bits per heavy atom. The highest BCUT2D eigenvalue weighted by atomic mass is 16.6. The van der Waals surface area contributed by atoms with E-state index in [1.165, 1.54) is 12.1 Å². The number of benzene rings is 1. The maximum Gasteiger partial charge on any atom is 0.271 e. The van der Waals surface area contributed by atoms with Gasteiger partial charge in [0.2, 0.25) is 0 Å². The van der Waals surface area contributed by atoms with Crippen molar-refractivity contribution >= 4 is 11.4 Å². The highest BCUT2D eigenvalue weighted by Gasteiger charge is 2.11. The molecule has 1 N–H and O–H groups in total. The third-order valence-electron chi connectivity index (χ3n) is 2.34. The molecule has 17 heavy (non-hydrogen) atoms. The quantitative estimate of drug-likeness (QED) is 0.465. The number of aryl methyl sites for hydroxylation is 1. The van der Waals surface area contributed by atoms with E-state index in [1.54, 1.807) is 6.08 Å². The van der Waals surface area contributed by atoms with Gasteiger partial charge in [0.05, 0.1) is 11.5 Å². The monoisotopic (exact) mass is 236 g/mol. The summed E-state index contributed by atoms with van der Waals surface area (Å²) in [5, 5.41) is 19.7. The number of aliphatic hydroxyl groups is 1. The van der Waals surface area contributed by atoms with Gasteiger partial charge in [0.25, 0.3) is 5.69 Å². The van der Waals surface area contributed by atoms with Gasteiger partial charge in [-0.25, -0.2) is 0 Å². The molecule has 0 bridgehead atoms. The number of rotatable bonds is 6. The van der Waals surface area contributed by atoms with Crippen molar-refractivity contribution in [2.24, 2.45) is 0 Å². The molecule has 92 valence electrons. The fourth-order valence-corrected chi connectivity index (χ4v) is 1.63. The van der Waals surface area contributed by atoms with Crippen LogP contribution in [0.2, 0.25) is 0 Å². The molecule has 5 nitrogen and oxygen atoms in total. The molecule has 0 fully saturated rings. The summed E-state index contributed by atoms with van der Waals surface area (Å²) in [6.07, 6.45) is 1.70. The second-order valence-electron chi connectivity index (χ2n) is 3.74. The van der Waals surface area contributed by atoms with Crippen molar-refractivity contribution in [3.05, 3.63) is 46.5 Å². The van der Waals surface area contributed by atoms with E-state index in [2.05, 4.69) is 6.58 Å². The molecule has 0 saturated carbocycles. The lowest BCUT2D eigenvalue weighted by Gasteiger charge is -2.22. The van der Waals surface area contributed by atoms with Crippen LogP contribution in [0.1, 0.15) is 5.56 Å². The molecule has 0 atom stereocenters. The minimum absolute atomic E-state index is 0.00439. The van der Waals surface area contributed by atoms with Crippen molar-refractivity contribution in [3.8, 4) is 0 Å². The lowest BCUT2D eigenvalue weighted by Crippen LogP contribution is -2.26. The molecule has 0 heterocycles. The number of non-ortho nitro benzene ring substituents is 1. The van der Waals surface area contributed by atoms with Crippen molar-refractivity contribution < 1.29 is 10.0 Å². The van der Waals surface area contributed by atoms with Gasteiger partial charge in [-0.05, 0) is 18.6 Å². The summed E-state index contributed by atoms with van der Waals surface area (Å²) in [6, 6.07) is 4.88. The number of aliphatic hydroxyl groups excluding tert-OH is 1. The molecule has 0 aliphatic rings. The average molecular weight is 236 g/mol. The van der Waals surface area contributed by atoms with Gasteiger partial charge in [-0.3, -0.25) is 10.1 Å². The molecule has 1 rings (SSSR count). The van der Waals surface area contributed by atoms with Crippen LogP contribution in [0, 0.1) is 17.0 Å². The summed E-state index contributed by atoms with van der Waals surface area (Å²) in [4.78, 5) is 12.2. The van der Waals surface area contributed by atoms with Crippen molar-refractivity contribution in [1.29, 1.82) is 0 Å². The van der Waals surface area contributed by atoms with Crippen LogP contribution in [0.3, 0.4) is 0 Å². The van der Waals surface area contributed by atoms with Crippen LogP contribution in [-0.2, 0) is 0 Å². The summed E-state index contributed by atoms with van der Waals surface area (Å²) in [6.45, 7) is 6.40. The maximum absolute atomic E-state index is 10.8. The zero-order valence-corrected chi connectivity index (χ0v) is 9.80. The van der Waals surface area contributed by atoms with Gasteiger partial charge in [0, 0.05) is 30.9 Å². The number of nitro groups is 1. The SMILES string of the molecule is C=CCN(CCO)c1cc(C)cc([N+](=O)[O-])c1. The summed E-state index contributed by atoms with van der Waals surface area (Å²) >= 11 is 0. The van der Waals surface area contributed by atoms with E-state index in [-0.39, 0.29) is 12.3 Å². The third kappa shape index (κ3) is 3.57. The Morgan fingerprint density at radius 1 is 1.53 bits per heavy atom. The largest absolute Gasteiger partial charge is 0.395 e. The molecule has 0 amide bonds. The minimum Gasteiger partial charge on any atom is -0.395 e. The number of hydrogen-bond donors (Lipinski definition) is 1. The Kier molecular flexibility index (Phi) is 4.66. The van der Waals surface area contributed by atoms with E-state index in [9.17, 15) is 10.1 Å². The van der Waals surface area contributed by atoms with E-state index >= 15 is 0 Å². The van der Waals surface area contributed by atoms with Crippen LogP contribution in [0.15, 0.2) is 30.9 Å². The summed E-state index contributed by atoms with van der Waals surface area (Å²) in [7, 11) is 0. The molecular formula is C12H16N2O3. The second-order valence-corrected chi connectivity index (χ2v) is 3.74. The Bertz CT molecular complexity index is 418. The maximum atomic E-state index is 10.8. The highest BCUT2D eigenvalue weighted by Crippen LogP contribution is 2.23. The molecule has 0 unspecified atom stereocenters. The molecule has 0 radical (unpaired) electrons. The number of nitro benzene ring substituents is 1. The van der Waals surface area contributed by atoms with E-state index in [4.69, 9.17) is 5.11 Å². The van der Waals surface area contributed by atoms with Crippen molar-refractivity contribution in [2.75, 3.05) is 24.6 Å². The normalized spacial score (nSPS) is 10.0. The van der Waals surface area contributed by atoms with E-state index in [1.807, 2.05) is 17.9 Å². The van der Waals surface area contributed by atoms with Gasteiger partial charge in [0.15, 0.2) is 0 Å². The summed E-state index contributed by atoms with van der Waals surface area (Å²) in [5.41, 5.74) is 1.61. The van der Waals surface area contributed by atoms with Gasteiger partial charge >= 0.3 is 0 Å². The molecular weight excluding hydrogens is 220 g/mol. The van der Waals surface area contributed by atoms with Crippen LogP contribution >= 0.6 is 0 Å². The lowest BCUT2D eigenvalue weighted by atomic mass is 10.2. The van der Waals surface area contributed by atoms with Gasteiger partial charge in [-0.2, -0.15) is 0 Å². The topological polar surface area (TPSA) is 66.6 Å². The molecule has 5 heteroatoms. The van der Waals surface area contributed by atoms with Gasteiger partial charge in [-0.1, -0.05) is 6.08 Å². The molecule has 0 aliphatic heterocycles. The predicted octanol–water partition coefficient (Wildman–Crippen LogP) is 1.89. The predicted molar refractivity (Wildman–Crippen MR) is 67.3 cm³/mol. The average Bonchev–Trinajstić information content (AvgIpc) is 2.28. The van der Waals surface area contributed by atoms with E-state index in [0.29, 0.717) is 13.1 Å². The highest BCUT2D eigenvalue weighted by molar-refractivity contribution is 5.56. The van der Waals surface area contributed by atoms with E-state index < -0.39 is 4.92 Å². The fraction of sp³-hybridized carbons (Fsp3) is 0.333. The van der Waals surface area contributed by atoms with Crippen LogP contribution in [-0.4, -0.2) is 29.7 Å². The van der Waals surface area contributed by atoms with Gasteiger partial charge in [0.1, 0.15) is 0 Å². The number of hydrogen-bond acceptors (Lipinski definition) is 4. The standard InChI is InChI=1S/C12H16N2O3/c1-3-4-13(5-6-15)11-7-10(2)8-12(9-11)14(16)17/h3,7-9,15H,1,4-6H2,2H3. The fourth-order valence-electron chi connectivity index (χ4n) is 1.63. The van der Waals surface area contributed by atoms with E-state index in [0.717, 1.165) is 11.3 Å². The molecule has 0 spiro atoms. The molecule has 0 aliphatic carbocycles.